The van der Waals surface area contributed by atoms with Gasteiger partial charge in [0, 0.05) is 31.6 Å². The molecule has 0 aromatic heterocycles. The fraction of sp³-hybridized carbons (Fsp3) is 0.933. The zero-order valence-corrected chi connectivity index (χ0v) is 13.9. The van der Waals surface area contributed by atoms with E-state index in [1.54, 1.807) is 0 Å². The summed E-state index contributed by atoms with van der Waals surface area (Å²) in [6.45, 7) is 4.64. The van der Waals surface area contributed by atoms with E-state index in [4.69, 9.17) is 0 Å². The van der Waals surface area contributed by atoms with Crippen molar-refractivity contribution in [1.82, 2.24) is 10.2 Å². The molecule has 0 bridgehead atoms. The molecule has 2 rings (SSSR count). The van der Waals surface area contributed by atoms with Gasteiger partial charge in [0.15, 0.2) is 9.84 Å². The average molecular weight is 316 g/mol. The second-order valence-corrected chi connectivity index (χ2v) is 9.03. The van der Waals surface area contributed by atoms with Crippen molar-refractivity contribution in [3.8, 4) is 0 Å². The zero-order chi connectivity index (χ0) is 15.3. The normalized spacial score (nSPS) is 26.0. The number of hydrogen-bond donors (Lipinski definition) is 1. The van der Waals surface area contributed by atoms with Crippen LogP contribution in [0.15, 0.2) is 0 Å². The van der Waals surface area contributed by atoms with Gasteiger partial charge in [-0.1, -0.05) is 32.6 Å². The van der Waals surface area contributed by atoms with E-state index in [0.717, 1.165) is 32.2 Å². The van der Waals surface area contributed by atoms with Crippen LogP contribution in [0, 0.1) is 5.41 Å². The molecule has 1 saturated heterocycles. The van der Waals surface area contributed by atoms with Crippen LogP contribution in [-0.2, 0) is 14.6 Å². The third-order valence-corrected chi connectivity index (χ3v) is 6.52. The summed E-state index contributed by atoms with van der Waals surface area (Å²) < 4.78 is 22.7. The van der Waals surface area contributed by atoms with Crippen LogP contribution in [-0.4, -0.2) is 56.9 Å². The molecule has 0 unspecified atom stereocenters. The van der Waals surface area contributed by atoms with E-state index in [9.17, 15) is 13.2 Å². The molecule has 5 nitrogen and oxygen atoms in total. The first-order chi connectivity index (χ1) is 9.91. The zero-order valence-electron chi connectivity index (χ0n) is 13.1. The Hall–Kier alpha value is -0.620. The van der Waals surface area contributed by atoms with Gasteiger partial charge in [-0.25, -0.2) is 8.42 Å². The first-order valence-electron chi connectivity index (χ1n) is 8.12. The summed E-state index contributed by atoms with van der Waals surface area (Å²) in [6, 6.07) is 0. The van der Waals surface area contributed by atoms with Crippen molar-refractivity contribution in [3.05, 3.63) is 0 Å². The lowest BCUT2D eigenvalue weighted by atomic mass is 9.81. The van der Waals surface area contributed by atoms with Crippen molar-refractivity contribution in [2.24, 2.45) is 5.41 Å². The van der Waals surface area contributed by atoms with Crippen LogP contribution in [0.4, 0.5) is 0 Å². The molecular formula is C15H28N2O3S. The highest BCUT2D eigenvalue weighted by molar-refractivity contribution is 7.91. The molecule has 122 valence electrons. The Kier molecular flexibility index (Phi) is 5.66. The molecule has 1 N–H and O–H groups in total. The molecule has 2 aliphatic rings. The Bertz CT molecular complexity index is 440. The Morgan fingerprint density at radius 3 is 2.24 bits per heavy atom. The van der Waals surface area contributed by atoms with Crippen molar-refractivity contribution >= 4 is 15.7 Å². The molecule has 6 heteroatoms. The molecule has 1 amide bonds. The number of sulfone groups is 1. The first-order valence-corrected chi connectivity index (χ1v) is 9.95. The fourth-order valence-electron chi connectivity index (χ4n) is 3.25. The van der Waals surface area contributed by atoms with Gasteiger partial charge in [-0.2, -0.15) is 0 Å². The van der Waals surface area contributed by atoms with E-state index >= 15 is 0 Å². The summed E-state index contributed by atoms with van der Waals surface area (Å²) in [5, 5.41) is 3.06. The number of carbonyl (C=O) groups excluding carboxylic acids is 1. The van der Waals surface area contributed by atoms with Crippen molar-refractivity contribution in [3.63, 3.8) is 0 Å². The van der Waals surface area contributed by atoms with Gasteiger partial charge in [-0.05, 0) is 12.8 Å². The number of amides is 1. The van der Waals surface area contributed by atoms with Gasteiger partial charge in [0.05, 0.1) is 11.5 Å². The van der Waals surface area contributed by atoms with Crippen LogP contribution in [0.25, 0.3) is 0 Å². The van der Waals surface area contributed by atoms with Gasteiger partial charge in [-0.3, -0.25) is 9.69 Å². The Morgan fingerprint density at radius 2 is 1.67 bits per heavy atom. The quantitative estimate of drug-likeness (QED) is 0.791. The number of carbonyl (C=O) groups is 1. The predicted molar refractivity (Wildman–Crippen MR) is 83.9 cm³/mol. The highest BCUT2D eigenvalue weighted by Crippen LogP contribution is 2.34. The summed E-state index contributed by atoms with van der Waals surface area (Å²) in [4.78, 5) is 14.5. The Balaban J connectivity index is 1.71. The van der Waals surface area contributed by atoms with E-state index in [1.807, 2.05) is 0 Å². The summed E-state index contributed by atoms with van der Waals surface area (Å²) in [7, 11) is -2.82. The van der Waals surface area contributed by atoms with Gasteiger partial charge in [-0.15, -0.1) is 0 Å². The largest absolute Gasteiger partial charge is 0.354 e. The van der Waals surface area contributed by atoms with Crippen molar-refractivity contribution in [1.29, 1.82) is 0 Å². The van der Waals surface area contributed by atoms with E-state index < -0.39 is 9.84 Å². The van der Waals surface area contributed by atoms with Crippen LogP contribution < -0.4 is 5.32 Å². The molecule has 21 heavy (non-hydrogen) atoms. The second kappa shape index (κ2) is 7.09. The van der Waals surface area contributed by atoms with Gasteiger partial charge >= 0.3 is 0 Å². The van der Waals surface area contributed by atoms with Crippen LogP contribution in [0.3, 0.4) is 0 Å². The van der Waals surface area contributed by atoms with Gasteiger partial charge in [0.2, 0.25) is 5.91 Å². The number of nitrogens with zero attached hydrogens (tertiary/aromatic N) is 1. The van der Waals surface area contributed by atoms with Gasteiger partial charge < -0.3 is 5.32 Å². The van der Waals surface area contributed by atoms with E-state index in [-0.39, 0.29) is 22.8 Å². The molecular weight excluding hydrogens is 288 g/mol. The van der Waals surface area contributed by atoms with Crippen LogP contribution in [0.1, 0.15) is 45.4 Å². The fourth-order valence-corrected chi connectivity index (χ4v) is 4.53. The molecule has 0 atom stereocenters. The van der Waals surface area contributed by atoms with E-state index in [1.165, 1.54) is 12.8 Å². The predicted octanol–water partition coefficient (Wildman–Crippen LogP) is 1.19. The summed E-state index contributed by atoms with van der Waals surface area (Å²) in [5.74, 6) is 0.672. The Labute approximate surface area is 128 Å². The standard InChI is InChI=1S/C15H28N2O3S/c1-15(6-4-2-3-5-7-15)14(18)16-8-9-17-10-12-21(19,20)13-11-17/h2-13H2,1H3,(H,16,18). The lowest BCUT2D eigenvalue weighted by molar-refractivity contribution is -0.130. The van der Waals surface area contributed by atoms with Gasteiger partial charge in [0.25, 0.3) is 0 Å². The minimum Gasteiger partial charge on any atom is -0.354 e. The maximum absolute atomic E-state index is 12.4. The molecule has 1 heterocycles. The van der Waals surface area contributed by atoms with Crippen molar-refractivity contribution in [2.45, 2.75) is 45.4 Å². The SMILES string of the molecule is CC1(C(=O)NCCN2CCS(=O)(=O)CC2)CCCCCC1. The molecule has 1 aliphatic carbocycles. The smallest absolute Gasteiger partial charge is 0.225 e. The van der Waals surface area contributed by atoms with E-state index in [0.29, 0.717) is 19.6 Å². The molecule has 0 aromatic rings. The number of nitrogens with one attached hydrogen (secondary N) is 1. The molecule has 0 radical (unpaired) electrons. The molecule has 2 fully saturated rings. The average Bonchev–Trinajstić information content (AvgIpc) is 2.66. The van der Waals surface area contributed by atoms with Crippen LogP contribution >= 0.6 is 0 Å². The van der Waals surface area contributed by atoms with Crippen LogP contribution in [0.5, 0.6) is 0 Å². The van der Waals surface area contributed by atoms with E-state index in [2.05, 4.69) is 17.1 Å². The minimum absolute atomic E-state index is 0.175. The second-order valence-electron chi connectivity index (χ2n) is 6.72. The van der Waals surface area contributed by atoms with Gasteiger partial charge in [0.1, 0.15) is 0 Å². The third-order valence-electron chi connectivity index (χ3n) is 4.91. The number of rotatable bonds is 4. The monoisotopic (exact) mass is 316 g/mol. The molecule has 1 saturated carbocycles. The maximum Gasteiger partial charge on any atom is 0.225 e. The molecule has 0 aromatic carbocycles. The molecule has 1 aliphatic heterocycles. The summed E-state index contributed by atoms with van der Waals surface area (Å²) >= 11 is 0. The minimum atomic E-state index is -2.82. The summed E-state index contributed by atoms with van der Waals surface area (Å²) in [5.41, 5.74) is -0.207. The highest BCUT2D eigenvalue weighted by Gasteiger charge is 2.33. The van der Waals surface area contributed by atoms with Crippen molar-refractivity contribution < 1.29 is 13.2 Å². The maximum atomic E-state index is 12.4. The van der Waals surface area contributed by atoms with Crippen molar-refractivity contribution in [2.75, 3.05) is 37.7 Å². The first kappa shape index (κ1) is 16.7. The lowest BCUT2D eigenvalue weighted by Crippen LogP contribution is -2.46. The lowest BCUT2D eigenvalue weighted by Gasteiger charge is -2.29. The Morgan fingerprint density at radius 1 is 1.10 bits per heavy atom. The third kappa shape index (κ3) is 4.95. The topological polar surface area (TPSA) is 66.5 Å². The van der Waals surface area contributed by atoms with Crippen LogP contribution in [0.2, 0.25) is 0 Å². The highest BCUT2D eigenvalue weighted by atomic mass is 32.2. The summed E-state index contributed by atoms with van der Waals surface area (Å²) in [6.07, 6.45) is 6.75. The molecule has 0 spiro atoms. The number of hydrogen-bond acceptors (Lipinski definition) is 4.